The molecule has 0 radical (unpaired) electrons. The molecule has 0 amide bonds. The monoisotopic (exact) mass is 393 g/mol. The van der Waals surface area contributed by atoms with E-state index in [1.165, 1.54) is 12.1 Å². The first-order chi connectivity index (χ1) is 13.0. The number of esters is 1. The molecule has 0 aliphatic heterocycles. The van der Waals surface area contributed by atoms with Gasteiger partial charge in [-0.1, -0.05) is 16.8 Å². The van der Waals surface area contributed by atoms with E-state index in [2.05, 4.69) is 5.16 Å². The number of nitrogens with zero attached hydrogens (tertiary/aromatic N) is 1. The Labute approximate surface area is 159 Å². The summed E-state index contributed by atoms with van der Waals surface area (Å²) in [6.07, 6.45) is 0. The van der Waals surface area contributed by atoms with Gasteiger partial charge in [-0.15, -0.1) is 0 Å². The van der Waals surface area contributed by atoms with Gasteiger partial charge in [0.15, 0.2) is 12.2 Å². The fourth-order valence-corrected chi connectivity index (χ4v) is 2.82. The Balaban J connectivity index is 1.97. The molecule has 0 spiro atoms. The van der Waals surface area contributed by atoms with E-state index in [4.69, 9.17) is 30.3 Å². The summed E-state index contributed by atoms with van der Waals surface area (Å²) in [5, 5.41) is 4.84. The van der Waals surface area contributed by atoms with Crippen molar-refractivity contribution in [3.8, 4) is 22.8 Å². The Bertz CT molecular complexity index is 972. The molecule has 0 aliphatic rings. The average molecular weight is 394 g/mol. The van der Waals surface area contributed by atoms with Gasteiger partial charge in [0.05, 0.1) is 18.6 Å². The lowest BCUT2D eigenvalue weighted by Gasteiger charge is -2.09. The molecule has 1 aromatic heterocycles. The minimum absolute atomic E-state index is 0.177. The van der Waals surface area contributed by atoms with Gasteiger partial charge in [-0.3, -0.25) is 0 Å². The van der Waals surface area contributed by atoms with Crippen LogP contribution in [0, 0.1) is 5.82 Å². The molecule has 0 bridgehead atoms. The number of aromatic nitrogens is 1. The first-order valence-corrected chi connectivity index (χ1v) is 8.72. The second kappa shape index (κ2) is 8.26. The van der Waals surface area contributed by atoms with Crippen molar-refractivity contribution in [1.82, 2.24) is 5.16 Å². The zero-order chi connectivity index (χ0) is 19.4. The van der Waals surface area contributed by atoms with Crippen LogP contribution in [0.5, 0.6) is 11.5 Å². The van der Waals surface area contributed by atoms with Crippen LogP contribution in [0.3, 0.4) is 0 Å². The molecule has 0 atom stereocenters. The maximum atomic E-state index is 13.5. The molecule has 2 aromatic carbocycles. The zero-order valence-corrected chi connectivity index (χ0v) is 15.5. The van der Waals surface area contributed by atoms with Gasteiger partial charge in [-0.05, 0) is 38.1 Å². The van der Waals surface area contributed by atoms with E-state index in [1.54, 1.807) is 32.0 Å². The molecule has 3 aromatic rings. The molecule has 0 fully saturated rings. The number of hydrogen-bond donors (Lipinski definition) is 0. The van der Waals surface area contributed by atoms with E-state index in [9.17, 15) is 9.18 Å². The van der Waals surface area contributed by atoms with E-state index in [0.29, 0.717) is 34.6 Å². The van der Waals surface area contributed by atoms with Crippen LogP contribution in [-0.4, -0.2) is 30.9 Å². The number of rotatable bonds is 7. The fraction of sp³-hybridized carbons (Fsp3) is 0.263. The number of fused-ring (bicyclic) bond motifs is 1. The van der Waals surface area contributed by atoms with E-state index in [1.807, 2.05) is 0 Å². The van der Waals surface area contributed by atoms with Crippen molar-refractivity contribution in [2.45, 2.75) is 13.8 Å². The van der Waals surface area contributed by atoms with Crippen LogP contribution < -0.4 is 9.47 Å². The predicted octanol–water partition coefficient (Wildman–Crippen LogP) is 4.63. The van der Waals surface area contributed by atoms with E-state index in [0.717, 1.165) is 0 Å². The summed E-state index contributed by atoms with van der Waals surface area (Å²) in [6.45, 7) is 3.88. The molecular formula is C19H17ClFNO5. The SMILES string of the molecule is CCOC(=O)COc1ccc2c(-c3ccc(F)cc3OCC)noc2c1Cl. The summed E-state index contributed by atoms with van der Waals surface area (Å²) in [6, 6.07) is 7.48. The van der Waals surface area contributed by atoms with Crippen LogP contribution in [-0.2, 0) is 9.53 Å². The van der Waals surface area contributed by atoms with Gasteiger partial charge in [0, 0.05) is 11.6 Å². The van der Waals surface area contributed by atoms with Crippen LogP contribution in [0.2, 0.25) is 5.02 Å². The maximum Gasteiger partial charge on any atom is 0.344 e. The Morgan fingerprint density at radius 2 is 1.96 bits per heavy atom. The number of hydrogen-bond acceptors (Lipinski definition) is 6. The Morgan fingerprint density at radius 1 is 1.15 bits per heavy atom. The standard InChI is InChI=1S/C19H17ClFNO5/c1-3-24-15-9-11(21)5-6-12(15)18-13-7-8-14(17(20)19(13)27-22-18)26-10-16(23)25-4-2/h5-9H,3-4,10H2,1-2H3. The number of halogens is 2. The van der Waals surface area contributed by atoms with Crippen molar-refractivity contribution >= 4 is 28.5 Å². The first kappa shape index (κ1) is 19.0. The lowest BCUT2D eigenvalue weighted by Crippen LogP contribution is -2.14. The van der Waals surface area contributed by atoms with Crippen molar-refractivity contribution in [2.75, 3.05) is 19.8 Å². The molecule has 1 heterocycles. The summed E-state index contributed by atoms with van der Waals surface area (Å²) in [5.41, 5.74) is 1.33. The Kier molecular flexibility index (Phi) is 5.81. The summed E-state index contributed by atoms with van der Waals surface area (Å²) < 4.78 is 34.6. The largest absolute Gasteiger partial charge is 0.493 e. The number of carbonyl (C=O) groups is 1. The second-order valence-corrected chi connectivity index (χ2v) is 5.83. The molecule has 3 rings (SSSR count). The van der Waals surface area contributed by atoms with Crippen molar-refractivity contribution in [2.24, 2.45) is 0 Å². The van der Waals surface area contributed by atoms with Crippen molar-refractivity contribution in [3.63, 3.8) is 0 Å². The molecular weight excluding hydrogens is 377 g/mol. The third-order valence-electron chi connectivity index (χ3n) is 3.69. The first-order valence-electron chi connectivity index (χ1n) is 8.34. The van der Waals surface area contributed by atoms with Crippen molar-refractivity contribution in [3.05, 3.63) is 41.2 Å². The topological polar surface area (TPSA) is 70.8 Å². The molecule has 6 nitrogen and oxygen atoms in total. The van der Waals surface area contributed by atoms with Gasteiger partial charge < -0.3 is 18.7 Å². The van der Waals surface area contributed by atoms with Crippen LogP contribution in [0.15, 0.2) is 34.9 Å². The van der Waals surface area contributed by atoms with Crippen LogP contribution in [0.1, 0.15) is 13.8 Å². The summed E-state index contributed by atoms with van der Waals surface area (Å²) >= 11 is 6.33. The summed E-state index contributed by atoms with van der Waals surface area (Å²) in [7, 11) is 0. The van der Waals surface area contributed by atoms with Crippen molar-refractivity contribution < 1.29 is 27.9 Å². The third kappa shape index (κ3) is 3.98. The predicted molar refractivity (Wildman–Crippen MR) is 97.7 cm³/mol. The second-order valence-electron chi connectivity index (χ2n) is 5.45. The Morgan fingerprint density at radius 3 is 2.70 bits per heavy atom. The van der Waals surface area contributed by atoms with Crippen LogP contribution in [0.4, 0.5) is 4.39 Å². The van der Waals surface area contributed by atoms with Crippen LogP contribution in [0.25, 0.3) is 22.2 Å². The lowest BCUT2D eigenvalue weighted by molar-refractivity contribution is -0.145. The third-order valence-corrected chi connectivity index (χ3v) is 4.05. The maximum absolute atomic E-state index is 13.5. The molecule has 0 unspecified atom stereocenters. The van der Waals surface area contributed by atoms with E-state index >= 15 is 0 Å². The van der Waals surface area contributed by atoms with E-state index < -0.39 is 11.8 Å². The number of carbonyl (C=O) groups excluding carboxylic acids is 1. The molecule has 0 saturated heterocycles. The number of benzene rings is 2. The highest BCUT2D eigenvalue weighted by molar-refractivity contribution is 6.36. The smallest absolute Gasteiger partial charge is 0.344 e. The van der Waals surface area contributed by atoms with Gasteiger partial charge in [0.25, 0.3) is 0 Å². The summed E-state index contributed by atoms with van der Waals surface area (Å²) in [4.78, 5) is 11.4. The lowest BCUT2D eigenvalue weighted by atomic mass is 10.1. The molecule has 27 heavy (non-hydrogen) atoms. The zero-order valence-electron chi connectivity index (χ0n) is 14.8. The van der Waals surface area contributed by atoms with Crippen molar-refractivity contribution in [1.29, 1.82) is 0 Å². The van der Waals surface area contributed by atoms with Gasteiger partial charge in [0.2, 0.25) is 0 Å². The highest BCUT2D eigenvalue weighted by Crippen LogP contribution is 2.40. The highest BCUT2D eigenvalue weighted by Gasteiger charge is 2.20. The van der Waals surface area contributed by atoms with Gasteiger partial charge in [-0.25, -0.2) is 9.18 Å². The molecule has 0 aliphatic carbocycles. The molecule has 0 saturated carbocycles. The molecule has 8 heteroatoms. The van der Waals surface area contributed by atoms with Gasteiger partial charge >= 0.3 is 5.97 Å². The molecule has 0 N–H and O–H groups in total. The van der Waals surface area contributed by atoms with Crippen LogP contribution >= 0.6 is 11.6 Å². The highest BCUT2D eigenvalue weighted by atomic mass is 35.5. The Hall–Kier alpha value is -2.80. The van der Waals surface area contributed by atoms with Gasteiger partial charge in [-0.2, -0.15) is 0 Å². The van der Waals surface area contributed by atoms with Gasteiger partial charge in [0.1, 0.15) is 28.0 Å². The quantitative estimate of drug-likeness (QED) is 0.545. The average Bonchev–Trinajstić information content (AvgIpc) is 3.07. The normalized spacial score (nSPS) is 10.8. The summed E-state index contributed by atoms with van der Waals surface area (Å²) in [5.74, 6) is -0.294. The number of ether oxygens (including phenoxy) is 3. The molecule has 142 valence electrons. The minimum atomic E-state index is -0.500. The fourth-order valence-electron chi connectivity index (χ4n) is 2.57. The minimum Gasteiger partial charge on any atom is -0.493 e. The van der Waals surface area contributed by atoms with E-state index in [-0.39, 0.29) is 24.0 Å².